The number of anilines is 1. The van der Waals surface area contributed by atoms with Gasteiger partial charge in [-0.2, -0.15) is 0 Å². The molecule has 0 radical (unpaired) electrons. The Hall–Kier alpha value is -3.54. The molecular weight excluding hydrogens is 560 g/mol. The van der Waals surface area contributed by atoms with Crippen molar-refractivity contribution in [3.63, 3.8) is 0 Å². The maximum Gasteiger partial charge on any atom is 0.341 e. The number of aryl methyl sites for hydroxylation is 1. The van der Waals surface area contributed by atoms with Gasteiger partial charge in [-0.1, -0.05) is 35.5 Å². The number of carbonyl (C=O) groups is 2. The highest BCUT2D eigenvalue weighted by Gasteiger charge is 2.23. The molecule has 2 aromatic carbocycles. The van der Waals surface area contributed by atoms with Crippen molar-refractivity contribution in [3.05, 3.63) is 69.8 Å². The molecule has 0 fully saturated rings. The zero-order valence-corrected chi connectivity index (χ0v) is 24.2. The Kier molecular flexibility index (Phi) is 9.50. The van der Waals surface area contributed by atoms with Crippen LogP contribution >= 0.6 is 34.7 Å². The number of hydrogen-bond acceptors (Lipinski definition) is 9. The van der Waals surface area contributed by atoms with Crippen molar-refractivity contribution >= 4 is 51.6 Å². The molecule has 12 heteroatoms. The first-order valence-corrected chi connectivity index (χ1v) is 14.2. The maximum absolute atomic E-state index is 12.9. The van der Waals surface area contributed by atoms with Crippen molar-refractivity contribution in [2.24, 2.45) is 0 Å². The molecule has 39 heavy (non-hydrogen) atoms. The summed E-state index contributed by atoms with van der Waals surface area (Å²) in [6.07, 6.45) is 0. The SMILES string of the molecule is CCn1c(COc2ccc(Cl)cc2C)nnc1SCC(=O)Nc1scc(-c2ccc(OC)cc2)c1C(=O)OC. The Morgan fingerprint density at radius 1 is 1.13 bits per heavy atom. The fraction of sp³-hybridized carbons (Fsp3) is 0.259. The molecule has 0 aliphatic heterocycles. The predicted octanol–water partition coefficient (Wildman–Crippen LogP) is 6.09. The first-order valence-electron chi connectivity index (χ1n) is 11.9. The zero-order valence-electron chi connectivity index (χ0n) is 21.8. The third kappa shape index (κ3) is 6.73. The van der Waals surface area contributed by atoms with E-state index in [1.54, 1.807) is 13.2 Å². The Morgan fingerprint density at radius 3 is 2.56 bits per heavy atom. The smallest absolute Gasteiger partial charge is 0.341 e. The molecule has 1 N–H and O–H groups in total. The minimum absolute atomic E-state index is 0.0751. The van der Waals surface area contributed by atoms with E-state index in [-0.39, 0.29) is 18.3 Å². The third-order valence-corrected chi connectivity index (χ3v) is 7.87. The number of rotatable bonds is 11. The number of thioether (sulfide) groups is 1. The molecule has 0 spiro atoms. The lowest BCUT2D eigenvalue weighted by Crippen LogP contribution is -2.16. The fourth-order valence-electron chi connectivity index (χ4n) is 3.80. The van der Waals surface area contributed by atoms with E-state index in [1.807, 2.05) is 60.2 Å². The van der Waals surface area contributed by atoms with E-state index in [4.69, 9.17) is 25.8 Å². The van der Waals surface area contributed by atoms with Crippen molar-refractivity contribution in [3.8, 4) is 22.6 Å². The molecule has 0 aliphatic carbocycles. The van der Waals surface area contributed by atoms with E-state index < -0.39 is 5.97 Å². The Labute approximate surface area is 239 Å². The van der Waals surface area contributed by atoms with Gasteiger partial charge >= 0.3 is 5.97 Å². The summed E-state index contributed by atoms with van der Waals surface area (Å²) in [6, 6.07) is 12.7. The number of aromatic nitrogens is 3. The Bertz CT molecular complexity index is 1470. The zero-order chi connectivity index (χ0) is 27.9. The lowest BCUT2D eigenvalue weighted by atomic mass is 10.0. The normalized spacial score (nSPS) is 10.8. The van der Waals surface area contributed by atoms with Crippen LogP contribution in [-0.2, 0) is 22.7 Å². The van der Waals surface area contributed by atoms with Crippen molar-refractivity contribution in [1.82, 2.24) is 14.8 Å². The molecule has 204 valence electrons. The van der Waals surface area contributed by atoms with Gasteiger partial charge in [0.25, 0.3) is 0 Å². The molecule has 9 nitrogen and oxygen atoms in total. The monoisotopic (exact) mass is 586 g/mol. The van der Waals surface area contributed by atoms with Crippen LogP contribution < -0.4 is 14.8 Å². The summed E-state index contributed by atoms with van der Waals surface area (Å²) in [4.78, 5) is 25.5. The lowest BCUT2D eigenvalue weighted by molar-refractivity contribution is -0.113. The molecule has 2 heterocycles. The second-order valence-electron chi connectivity index (χ2n) is 8.25. The van der Waals surface area contributed by atoms with Crippen LogP contribution in [0.15, 0.2) is 53.0 Å². The predicted molar refractivity (Wildman–Crippen MR) is 153 cm³/mol. The lowest BCUT2D eigenvalue weighted by Gasteiger charge is -2.11. The molecule has 0 saturated carbocycles. The minimum atomic E-state index is -0.531. The molecule has 2 aromatic heterocycles. The Morgan fingerprint density at radius 2 is 1.90 bits per heavy atom. The van der Waals surface area contributed by atoms with E-state index in [0.717, 1.165) is 11.1 Å². The summed E-state index contributed by atoms with van der Waals surface area (Å²) in [6.45, 7) is 4.73. The average molecular weight is 587 g/mol. The number of methoxy groups -OCH3 is 2. The molecule has 4 aromatic rings. The van der Waals surface area contributed by atoms with Gasteiger partial charge in [-0.15, -0.1) is 21.5 Å². The standard InChI is InChI=1S/C27H27ClN4O5S2/c1-5-32-22(13-37-21-11-8-18(28)12-16(21)2)30-31-27(32)39-15-23(33)29-25-24(26(34)36-4)20(14-38-25)17-6-9-19(35-3)10-7-17/h6-12,14H,5,13,15H2,1-4H3,(H,29,33). The summed E-state index contributed by atoms with van der Waals surface area (Å²) in [7, 11) is 2.90. The van der Waals surface area contributed by atoms with Crippen LogP contribution in [0.4, 0.5) is 5.00 Å². The molecular formula is C27H27ClN4O5S2. The number of amides is 1. The quantitative estimate of drug-likeness (QED) is 0.166. The number of halogens is 1. The first-order chi connectivity index (χ1) is 18.8. The number of nitrogens with zero attached hydrogens (tertiary/aromatic N) is 3. The van der Waals surface area contributed by atoms with Crippen LogP contribution in [0, 0.1) is 6.92 Å². The van der Waals surface area contributed by atoms with Gasteiger partial charge in [-0.25, -0.2) is 4.79 Å². The number of nitrogens with one attached hydrogen (secondary N) is 1. The third-order valence-electron chi connectivity index (χ3n) is 5.77. The van der Waals surface area contributed by atoms with Crippen LogP contribution in [0.5, 0.6) is 11.5 Å². The number of esters is 1. The molecule has 0 aliphatic rings. The molecule has 1 amide bonds. The van der Waals surface area contributed by atoms with Crippen LogP contribution in [0.25, 0.3) is 11.1 Å². The van der Waals surface area contributed by atoms with E-state index >= 15 is 0 Å². The highest BCUT2D eigenvalue weighted by Crippen LogP contribution is 2.37. The van der Waals surface area contributed by atoms with Crippen molar-refractivity contribution in [2.75, 3.05) is 25.3 Å². The first kappa shape index (κ1) is 28.5. The number of thiophene rings is 1. The van der Waals surface area contributed by atoms with Gasteiger partial charge in [-0.3, -0.25) is 4.79 Å². The molecule has 0 bridgehead atoms. The maximum atomic E-state index is 12.9. The van der Waals surface area contributed by atoms with Crippen LogP contribution in [-0.4, -0.2) is 46.6 Å². The van der Waals surface area contributed by atoms with Gasteiger partial charge in [0.15, 0.2) is 11.0 Å². The van der Waals surface area contributed by atoms with E-state index in [9.17, 15) is 9.59 Å². The number of hydrogen-bond donors (Lipinski definition) is 1. The van der Waals surface area contributed by atoms with Gasteiger partial charge < -0.3 is 24.1 Å². The topological polar surface area (TPSA) is 105 Å². The number of carbonyl (C=O) groups excluding carboxylic acids is 2. The Balaban J connectivity index is 1.43. The van der Waals surface area contributed by atoms with Crippen LogP contribution in [0.3, 0.4) is 0 Å². The summed E-state index contributed by atoms with van der Waals surface area (Å²) in [5.74, 6) is 1.32. The van der Waals surface area contributed by atoms with Crippen molar-refractivity contribution < 1.29 is 23.8 Å². The molecule has 0 unspecified atom stereocenters. The molecule has 0 saturated heterocycles. The van der Waals surface area contributed by atoms with E-state index in [2.05, 4.69) is 15.5 Å². The van der Waals surface area contributed by atoms with Gasteiger partial charge in [0.1, 0.15) is 28.7 Å². The summed E-state index contributed by atoms with van der Waals surface area (Å²) in [5, 5.41) is 14.8. The van der Waals surface area contributed by atoms with Gasteiger partial charge in [0.05, 0.1) is 20.0 Å². The van der Waals surface area contributed by atoms with Crippen LogP contribution in [0.2, 0.25) is 5.02 Å². The highest BCUT2D eigenvalue weighted by molar-refractivity contribution is 7.99. The second kappa shape index (κ2) is 13.0. The van der Waals surface area contributed by atoms with Gasteiger partial charge in [0, 0.05) is 22.5 Å². The number of ether oxygens (including phenoxy) is 3. The minimum Gasteiger partial charge on any atom is -0.497 e. The van der Waals surface area contributed by atoms with Crippen molar-refractivity contribution in [1.29, 1.82) is 0 Å². The summed E-state index contributed by atoms with van der Waals surface area (Å²) >= 11 is 8.54. The largest absolute Gasteiger partial charge is 0.497 e. The average Bonchev–Trinajstić information content (AvgIpc) is 3.54. The van der Waals surface area contributed by atoms with Crippen LogP contribution in [0.1, 0.15) is 28.7 Å². The van der Waals surface area contributed by atoms with Gasteiger partial charge in [0.2, 0.25) is 5.91 Å². The van der Waals surface area contributed by atoms with Crippen molar-refractivity contribution in [2.45, 2.75) is 32.2 Å². The highest BCUT2D eigenvalue weighted by atomic mass is 35.5. The fourth-order valence-corrected chi connectivity index (χ4v) is 5.82. The van der Waals surface area contributed by atoms with E-state index in [1.165, 1.54) is 30.2 Å². The molecule has 4 rings (SSSR count). The summed E-state index contributed by atoms with van der Waals surface area (Å²) in [5.41, 5.74) is 2.71. The second-order valence-corrected chi connectivity index (χ2v) is 10.5. The van der Waals surface area contributed by atoms with Gasteiger partial charge in [-0.05, 0) is 55.3 Å². The molecule has 0 atom stereocenters. The van der Waals surface area contributed by atoms with E-state index in [0.29, 0.717) is 50.2 Å². The number of benzene rings is 2. The summed E-state index contributed by atoms with van der Waals surface area (Å²) < 4.78 is 18.0.